The number of aromatic nitrogens is 2. The Morgan fingerprint density at radius 1 is 1.05 bits per heavy atom. The van der Waals surface area contributed by atoms with E-state index in [1.807, 2.05) is 58.9 Å². The van der Waals surface area contributed by atoms with Crippen molar-refractivity contribution in [1.29, 1.82) is 0 Å². The van der Waals surface area contributed by atoms with E-state index in [1.165, 1.54) is 0 Å². The molecular formula is C30H31N5O3S. The van der Waals surface area contributed by atoms with E-state index in [9.17, 15) is 9.59 Å². The molecular weight excluding hydrogens is 510 g/mol. The van der Waals surface area contributed by atoms with E-state index in [4.69, 9.17) is 9.84 Å². The van der Waals surface area contributed by atoms with Crippen LogP contribution in [0.25, 0.3) is 16.3 Å². The zero-order valence-electron chi connectivity index (χ0n) is 22.0. The molecule has 5 rings (SSSR count). The lowest BCUT2D eigenvalue weighted by Gasteiger charge is -2.38. The van der Waals surface area contributed by atoms with Gasteiger partial charge in [-0.3, -0.25) is 9.59 Å². The number of hydrogen-bond acceptors (Lipinski definition) is 6. The molecule has 200 valence electrons. The fraction of sp³-hybridized carbons (Fsp3) is 0.267. The van der Waals surface area contributed by atoms with E-state index in [1.54, 1.807) is 46.5 Å². The summed E-state index contributed by atoms with van der Waals surface area (Å²) >= 11 is 1.59. The number of hydrazone groups is 1. The second-order valence-corrected chi connectivity index (χ2v) is 10.6. The first-order valence-electron chi connectivity index (χ1n) is 13.1. The predicted octanol–water partition coefficient (Wildman–Crippen LogP) is 5.53. The average Bonchev–Trinajstić information content (AvgIpc) is 3.63. The van der Waals surface area contributed by atoms with Crippen LogP contribution in [-0.4, -0.2) is 51.4 Å². The van der Waals surface area contributed by atoms with Crippen molar-refractivity contribution >= 4 is 29.4 Å². The molecule has 2 atom stereocenters. The largest absolute Gasteiger partial charge is 0.484 e. The number of thiophene rings is 1. The maximum Gasteiger partial charge on any atom is 0.271 e. The molecule has 3 heterocycles. The summed E-state index contributed by atoms with van der Waals surface area (Å²) in [5.74, 6) is 0.177. The number of amides is 2. The molecule has 1 fully saturated rings. The van der Waals surface area contributed by atoms with Crippen LogP contribution in [-0.2, 0) is 4.79 Å². The maximum absolute atomic E-state index is 12.7. The lowest BCUT2D eigenvalue weighted by Crippen LogP contribution is -2.49. The van der Waals surface area contributed by atoms with Gasteiger partial charge in [0.2, 0.25) is 0 Å². The molecule has 2 aromatic heterocycles. The Labute approximate surface area is 231 Å². The topological polar surface area (TPSA) is 88.8 Å². The van der Waals surface area contributed by atoms with E-state index >= 15 is 0 Å². The standard InChI is InChI=1S/C30H31N5O3S/c1-21-8-6-9-22(2)35(21)28(36)20-38-26-15-13-23(14-16-26)30(37)32-31-18-24-19-34(25-10-4-3-5-11-25)33-29(24)27-12-7-17-39-27/h3-5,7,10-19,21-22H,6,8-9,20H2,1-2H3,(H,32,37)/b31-18-/t21-,22+. The van der Waals surface area contributed by atoms with Crippen molar-refractivity contribution in [3.63, 3.8) is 0 Å². The molecule has 0 spiro atoms. The summed E-state index contributed by atoms with van der Waals surface area (Å²) in [7, 11) is 0. The third-order valence-corrected chi connectivity index (χ3v) is 7.72. The van der Waals surface area contributed by atoms with Crippen LogP contribution in [0.2, 0.25) is 0 Å². The fourth-order valence-electron chi connectivity index (χ4n) is 4.86. The number of nitrogens with one attached hydrogen (secondary N) is 1. The van der Waals surface area contributed by atoms with Crippen LogP contribution in [0.15, 0.2) is 83.4 Å². The zero-order valence-corrected chi connectivity index (χ0v) is 22.8. The molecule has 0 radical (unpaired) electrons. The van der Waals surface area contributed by atoms with Crippen molar-refractivity contribution in [2.24, 2.45) is 5.10 Å². The van der Waals surface area contributed by atoms with Gasteiger partial charge in [0.05, 0.1) is 16.8 Å². The van der Waals surface area contributed by atoms with Gasteiger partial charge >= 0.3 is 0 Å². The Bertz CT molecular complexity index is 1420. The van der Waals surface area contributed by atoms with Crippen LogP contribution in [0.5, 0.6) is 5.75 Å². The molecule has 4 aromatic rings. The van der Waals surface area contributed by atoms with Gasteiger partial charge in [-0.15, -0.1) is 11.3 Å². The number of carbonyl (C=O) groups is 2. The first kappa shape index (κ1) is 26.4. The van der Waals surface area contributed by atoms with Crippen molar-refractivity contribution in [2.45, 2.75) is 45.2 Å². The first-order valence-corrected chi connectivity index (χ1v) is 13.9. The number of benzene rings is 2. The minimum Gasteiger partial charge on any atom is -0.484 e. The Morgan fingerprint density at radius 2 is 1.79 bits per heavy atom. The Balaban J connectivity index is 1.20. The number of piperidine rings is 1. The summed E-state index contributed by atoms with van der Waals surface area (Å²) in [6.07, 6.45) is 6.68. The summed E-state index contributed by atoms with van der Waals surface area (Å²) in [6, 6.07) is 20.9. The summed E-state index contributed by atoms with van der Waals surface area (Å²) in [6.45, 7) is 4.15. The molecule has 0 aliphatic carbocycles. The lowest BCUT2D eigenvalue weighted by molar-refractivity contribution is -0.139. The summed E-state index contributed by atoms with van der Waals surface area (Å²) in [4.78, 5) is 28.3. The molecule has 1 aliphatic heterocycles. The van der Waals surface area contributed by atoms with Crippen molar-refractivity contribution in [2.75, 3.05) is 6.61 Å². The second-order valence-electron chi connectivity index (χ2n) is 9.63. The van der Waals surface area contributed by atoms with Gasteiger partial charge in [0.15, 0.2) is 6.61 Å². The van der Waals surface area contributed by atoms with Gasteiger partial charge in [0.1, 0.15) is 11.4 Å². The number of nitrogens with zero attached hydrogens (tertiary/aromatic N) is 4. The van der Waals surface area contributed by atoms with Gasteiger partial charge in [-0.25, -0.2) is 10.1 Å². The predicted molar refractivity (Wildman–Crippen MR) is 153 cm³/mol. The average molecular weight is 542 g/mol. The van der Waals surface area contributed by atoms with Crippen molar-refractivity contribution in [1.82, 2.24) is 20.1 Å². The molecule has 39 heavy (non-hydrogen) atoms. The molecule has 2 aromatic carbocycles. The SMILES string of the molecule is C[C@@H]1CCC[C@H](C)N1C(=O)COc1ccc(C(=O)N/N=C\c2cn(-c3ccccc3)nc2-c2cccs2)cc1. The van der Waals surface area contributed by atoms with E-state index in [0.29, 0.717) is 11.3 Å². The van der Waals surface area contributed by atoms with Crippen LogP contribution in [0, 0.1) is 0 Å². The summed E-state index contributed by atoms with van der Waals surface area (Å²) in [5, 5.41) is 10.9. The molecule has 2 amide bonds. The number of likely N-dealkylation sites (tertiary alicyclic amines) is 1. The smallest absolute Gasteiger partial charge is 0.271 e. The van der Waals surface area contributed by atoms with Crippen molar-refractivity contribution in [3.8, 4) is 22.0 Å². The number of para-hydroxylation sites is 1. The van der Waals surface area contributed by atoms with E-state index in [-0.39, 0.29) is 30.5 Å². The molecule has 1 N–H and O–H groups in total. The molecule has 1 saturated heterocycles. The van der Waals surface area contributed by atoms with Crippen LogP contribution >= 0.6 is 11.3 Å². The van der Waals surface area contributed by atoms with Gasteiger partial charge in [-0.1, -0.05) is 24.3 Å². The normalized spacial score (nSPS) is 17.3. The Hall–Kier alpha value is -4.24. The first-order chi connectivity index (χ1) is 19.0. The third kappa shape index (κ3) is 6.26. The van der Waals surface area contributed by atoms with Gasteiger partial charge < -0.3 is 9.64 Å². The Kier molecular flexibility index (Phi) is 8.17. The number of carbonyl (C=O) groups excluding carboxylic acids is 2. The van der Waals surface area contributed by atoms with Gasteiger partial charge in [0.25, 0.3) is 11.8 Å². The Morgan fingerprint density at radius 3 is 2.49 bits per heavy atom. The lowest BCUT2D eigenvalue weighted by atomic mass is 9.97. The molecule has 0 saturated carbocycles. The molecule has 8 nitrogen and oxygen atoms in total. The maximum atomic E-state index is 12.7. The van der Waals surface area contributed by atoms with Crippen molar-refractivity contribution in [3.05, 3.63) is 89.4 Å². The highest BCUT2D eigenvalue weighted by molar-refractivity contribution is 7.13. The molecule has 1 aliphatic rings. The van der Waals surface area contributed by atoms with Gasteiger partial charge in [-0.05, 0) is 81.0 Å². The summed E-state index contributed by atoms with van der Waals surface area (Å²) < 4.78 is 7.52. The minimum atomic E-state index is -0.349. The van der Waals surface area contributed by atoms with E-state index < -0.39 is 0 Å². The molecule has 0 unspecified atom stereocenters. The number of hydrogen-bond donors (Lipinski definition) is 1. The van der Waals surface area contributed by atoms with Gasteiger partial charge in [-0.2, -0.15) is 10.2 Å². The van der Waals surface area contributed by atoms with E-state index in [2.05, 4.69) is 24.4 Å². The van der Waals surface area contributed by atoms with E-state index in [0.717, 1.165) is 41.1 Å². The van der Waals surface area contributed by atoms with Crippen molar-refractivity contribution < 1.29 is 14.3 Å². The minimum absolute atomic E-state index is 0.0108. The zero-order chi connectivity index (χ0) is 27.2. The summed E-state index contributed by atoms with van der Waals surface area (Å²) in [5.41, 5.74) is 5.53. The van der Waals surface area contributed by atoms with Crippen LogP contribution in [0.3, 0.4) is 0 Å². The molecule has 0 bridgehead atoms. The van der Waals surface area contributed by atoms with Crippen LogP contribution in [0.4, 0.5) is 0 Å². The highest BCUT2D eigenvalue weighted by Crippen LogP contribution is 2.27. The fourth-order valence-corrected chi connectivity index (χ4v) is 5.59. The van der Waals surface area contributed by atoms with Crippen LogP contribution in [0.1, 0.15) is 49.0 Å². The van der Waals surface area contributed by atoms with Crippen LogP contribution < -0.4 is 10.2 Å². The number of rotatable bonds is 8. The highest BCUT2D eigenvalue weighted by atomic mass is 32.1. The monoisotopic (exact) mass is 541 g/mol. The number of ether oxygens (including phenoxy) is 1. The van der Waals surface area contributed by atoms with Gasteiger partial charge in [0, 0.05) is 29.4 Å². The molecule has 9 heteroatoms. The second kappa shape index (κ2) is 12.1. The highest BCUT2D eigenvalue weighted by Gasteiger charge is 2.29. The quantitative estimate of drug-likeness (QED) is 0.235. The third-order valence-electron chi connectivity index (χ3n) is 6.85.